The molecule has 6 nitrogen and oxygen atoms in total. The number of aromatic amines is 1. The molecule has 1 unspecified atom stereocenters. The third kappa shape index (κ3) is 4.65. The van der Waals surface area contributed by atoms with Crippen molar-refractivity contribution < 1.29 is 9.59 Å². The number of nitrogens with two attached hydrogens (primary N) is 1. The predicted molar refractivity (Wildman–Crippen MR) is 91.3 cm³/mol. The Morgan fingerprint density at radius 1 is 1.39 bits per heavy atom. The number of nitrogens with one attached hydrogen (secondary N) is 2. The fourth-order valence-electron chi connectivity index (χ4n) is 2.71. The molecule has 0 aliphatic heterocycles. The quantitative estimate of drug-likeness (QED) is 0.770. The lowest BCUT2D eigenvalue weighted by Gasteiger charge is -2.29. The lowest BCUT2D eigenvalue weighted by atomic mass is 9.75. The molecule has 23 heavy (non-hydrogen) atoms. The number of carbonyl (C=O) groups excluding carboxylic acids is 2. The number of ketones is 1. The summed E-state index contributed by atoms with van der Waals surface area (Å²) in [5.41, 5.74) is 6.05. The van der Waals surface area contributed by atoms with E-state index in [1.165, 1.54) is 6.07 Å². The molecule has 4 N–H and O–H groups in total. The number of amides is 1. The average Bonchev–Trinajstić information content (AvgIpc) is 2.35. The number of halogens is 1. The van der Waals surface area contributed by atoms with Gasteiger partial charge in [-0.05, 0) is 31.2 Å². The van der Waals surface area contributed by atoms with Crippen LogP contribution in [0.3, 0.4) is 0 Å². The number of pyridine rings is 1. The Labute approximate surface area is 141 Å². The number of Topliss-reactive ketones (excluding diaryl/α,β-unsaturated/α-hetero) is 1. The van der Waals surface area contributed by atoms with Crippen LogP contribution < -0.4 is 16.6 Å². The molecule has 7 heteroatoms. The number of hydrogen-bond acceptors (Lipinski definition) is 4. The Kier molecular flexibility index (Phi) is 6.13. The fraction of sp³-hybridized carbons (Fsp3) is 0.562. The highest BCUT2D eigenvalue weighted by Gasteiger charge is 2.32. The minimum absolute atomic E-state index is 0. The molecular formula is C16H24ClN3O3. The Morgan fingerprint density at radius 2 is 2.04 bits per heavy atom. The second-order valence-corrected chi connectivity index (χ2v) is 6.87. The van der Waals surface area contributed by atoms with Gasteiger partial charge in [0.15, 0.2) is 5.78 Å². The van der Waals surface area contributed by atoms with Gasteiger partial charge in [-0.25, -0.2) is 0 Å². The summed E-state index contributed by atoms with van der Waals surface area (Å²) in [4.78, 5) is 39.1. The number of hydrogen-bond donors (Lipinski definition) is 3. The Balaban J connectivity index is 0.00000264. The van der Waals surface area contributed by atoms with Crippen LogP contribution in [0.4, 0.5) is 0 Å². The largest absolute Gasteiger partial charge is 0.352 e. The van der Waals surface area contributed by atoms with Gasteiger partial charge >= 0.3 is 0 Å². The van der Waals surface area contributed by atoms with E-state index in [1.54, 1.807) is 0 Å². The second kappa shape index (κ2) is 7.27. The van der Waals surface area contributed by atoms with Crippen LogP contribution in [0.5, 0.6) is 0 Å². The zero-order chi connectivity index (χ0) is 16.5. The van der Waals surface area contributed by atoms with Crippen molar-refractivity contribution in [2.24, 2.45) is 11.1 Å². The summed E-state index contributed by atoms with van der Waals surface area (Å²) in [7, 11) is 0. The maximum absolute atomic E-state index is 12.2. The maximum Gasteiger partial charge on any atom is 0.261 e. The molecule has 1 aliphatic rings. The zero-order valence-electron chi connectivity index (χ0n) is 13.7. The summed E-state index contributed by atoms with van der Waals surface area (Å²) < 4.78 is 0. The van der Waals surface area contributed by atoms with Gasteiger partial charge in [-0.15, -0.1) is 12.4 Å². The summed E-state index contributed by atoms with van der Waals surface area (Å²) in [6.45, 7) is 6.22. The number of carbonyl (C=O) groups is 2. The van der Waals surface area contributed by atoms with E-state index in [1.807, 2.05) is 20.8 Å². The SMILES string of the molecule is CC(N)CCNC(=O)c1cc2c([nH]c1=O)CC(C)(C)CC2=O.Cl. The summed E-state index contributed by atoms with van der Waals surface area (Å²) in [5, 5.41) is 2.66. The van der Waals surface area contributed by atoms with E-state index in [0.717, 1.165) is 0 Å². The van der Waals surface area contributed by atoms with Gasteiger partial charge in [0.2, 0.25) is 0 Å². The molecule has 1 heterocycles. The van der Waals surface area contributed by atoms with Crippen LogP contribution in [0, 0.1) is 5.41 Å². The number of H-pyrrole nitrogens is 1. The Bertz CT molecular complexity index is 665. The monoisotopic (exact) mass is 341 g/mol. The Hall–Kier alpha value is -1.66. The molecule has 0 fully saturated rings. The van der Waals surface area contributed by atoms with Crippen LogP contribution in [-0.4, -0.2) is 29.3 Å². The van der Waals surface area contributed by atoms with Crippen molar-refractivity contribution in [3.8, 4) is 0 Å². The molecule has 2 rings (SSSR count). The molecule has 1 aromatic rings. The molecule has 0 aromatic carbocycles. The van der Waals surface area contributed by atoms with Crippen molar-refractivity contribution in [3.63, 3.8) is 0 Å². The third-order valence-electron chi connectivity index (χ3n) is 3.85. The van der Waals surface area contributed by atoms with Crippen LogP contribution >= 0.6 is 12.4 Å². The number of aromatic nitrogens is 1. The van der Waals surface area contributed by atoms with E-state index in [9.17, 15) is 14.4 Å². The minimum Gasteiger partial charge on any atom is -0.352 e. The van der Waals surface area contributed by atoms with Gasteiger partial charge in [0.05, 0.1) is 0 Å². The molecular weight excluding hydrogens is 318 g/mol. The van der Waals surface area contributed by atoms with E-state index in [0.29, 0.717) is 37.1 Å². The summed E-state index contributed by atoms with van der Waals surface area (Å²) in [6, 6.07) is 1.40. The van der Waals surface area contributed by atoms with Gasteiger partial charge in [0.1, 0.15) is 5.56 Å². The van der Waals surface area contributed by atoms with Crippen molar-refractivity contribution in [1.82, 2.24) is 10.3 Å². The molecule has 1 atom stereocenters. The van der Waals surface area contributed by atoms with Crippen LogP contribution in [0.25, 0.3) is 0 Å². The first-order chi connectivity index (χ1) is 10.2. The topological polar surface area (TPSA) is 105 Å². The van der Waals surface area contributed by atoms with Gasteiger partial charge < -0.3 is 16.0 Å². The van der Waals surface area contributed by atoms with Crippen molar-refractivity contribution >= 4 is 24.1 Å². The molecule has 0 bridgehead atoms. The standard InChI is InChI=1S/C16H23N3O3.ClH/c1-9(17)4-5-18-14(21)11-6-10-12(19-15(11)22)7-16(2,3)8-13(10)20;/h6,9H,4-5,7-8,17H2,1-3H3,(H,18,21)(H,19,22);1H. The fourth-order valence-corrected chi connectivity index (χ4v) is 2.71. The second-order valence-electron chi connectivity index (χ2n) is 6.87. The Morgan fingerprint density at radius 3 is 2.65 bits per heavy atom. The van der Waals surface area contributed by atoms with Crippen molar-refractivity contribution in [2.75, 3.05) is 6.54 Å². The molecule has 0 saturated heterocycles. The lowest BCUT2D eigenvalue weighted by Crippen LogP contribution is -2.35. The lowest BCUT2D eigenvalue weighted by molar-refractivity contribution is 0.0910. The van der Waals surface area contributed by atoms with Gasteiger partial charge in [-0.3, -0.25) is 14.4 Å². The highest BCUT2D eigenvalue weighted by Crippen LogP contribution is 2.33. The highest BCUT2D eigenvalue weighted by molar-refractivity contribution is 6.02. The average molecular weight is 342 g/mol. The summed E-state index contributed by atoms with van der Waals surface area (Å²) >= 11 is 0. The third-order valence-corrected chi connectivity index (χ3v) is 3.85. The molecule has 0 saturated carbocycles. The van der Waals surface area contributed by atoms with Crippen LogP contribution in [-0.2, 0) is 6.42 Å². The van der Waals surface area contributed by atoms with E-state index in [4.69, 9.17) is 5.73 Å². The first-order valence-electron chi connectivity index (χ1n) is 7.53. The van der Waals surface area contributed by atoms with Gasteiger partial charge in [-0.1, -0.05) is 13.8 Å². The summed E-state index contributed by atoms with van der Waals surface area (Å²) in [5.74, 6) is -0.505. The van der Waals surface area contributed by atoms with E-state index in [-0.39, 0.29) is 35.2 Å². The van der Waals surface area contributed by atoms with Crippen LogP contribution in [0.2, 0.25) is 0 Å². The number of rotatable bonds is 4. The highest BCUT2D eigenvalue weighted by atomic mass is 35.5. The van der Waals surface area contributed by atoms with E-state index in [2.05, 4.69) is 10.3 Å². The first-order valence-corrected chi connectivity index (χ1v) is 7.53. The normalized spacial score (nSPS) is 17.0. The van der Waals surface area contributed by atoms with Gasteiger partial charge in [0.25, 0.3) is 11.5 Å². The maximum atomic E-state index is 12.2. The molecule has 0 radical (unpaired) electrons. The smallest absolute Gasteiger partial charge is 0.261 e. The molecule has 1 aliphatic carbocycles. The zero-order valence-corrected chi connectivity index (χ0v) is 14.5. The van der Waals surface area contributed by atoms with Crippen molar-refractivity contribution in [3.05, 3.63) is 33.2 Å². The van der Waals surface area contributed by atoms with Crippen LogP contribution in [0.1, 0.15) is 60.0 Å². The predicted octanol–water partition coefficient (Wildman–Crippen LogP) is 1.42. The first kappa shape index (κ1) is 19.4. The van der Waals surface area contributed by atoms with Gasteiger partial charge in [-0.2, -0.15) is 0 Å². The van der Waals surface area contributed by atoms with E-state index >= 15 is 0 Å². The van der Waals surface area contributed by atoms with Crippen LogP contribution in [0.15, 0.2) is 10.9 Å². The summed E-state index contributed by atoms with van der Waals surface area (Å²) in [6.07, 6.45) is 1.66. The minimum atomic E-state index is -0.470. The van der Waals surface area contributed by atoms with Crippen molar-refractivity contribution in [1.29, 1.82) is 0 Å². The molecule has 1 amide bonds. The molecule has 1 aromatic heterocycles. The van der Waals surface area contributed by atoms with E-state index < -0.39 is 11.5 Å². The molecule has 128 valence electrons. The number of fused-ring (bicyclic) bond motifs is 1. The van der Waals surface area contributed by atoms with Gasteiger partial charge in [0, 0.05) is 30.3 Å². The molecule has 0 spiro atoms. The van der Waals surface area contributed by atoms with Crippen molar-refractivity contribution in [2.45, 2.75) is 46.1 Å².